The van der Waals surface area contributed by atoms with Gasteiger partial charge >= 0.3 is 5.97 Å². The van der Waals surface area contributed by atoms with E-state index in [9.17, 15) is 9.59 Å². The number of benzene rings is 1. The van der Waals surface area contributed by atoms with Crippen molar-refractivity contribution in [2.75, 3.05) is 33.4 Å². The normalized spacial score (nSPS) is 20.9. The summed E-state index contributed by atoms with van der Waals surface area (Å²) in [6, 6.07) is 6.96. The van der Waals surface area contributed by atoms with Crippen LogP contribution in [0.2, 0.25) is 5.02 Å². The molecule has 0 spiro atoms. The fourth-order valence-corrected chi connectivity index (χ4v) is 5.02. The van der Waals surface area contributed by atoms with Crippen molar-refractivity contribution < 1.29 is 19.1 Å². The number of ether oxygens (including phenoxy) is 2. The summed E-state index contributed by atoms with van der Waals surface area (Å²) in [5.41, 5.74) is 2.88. The molecule has 0 bridgehead atoms. The third-order valence-corrected chi connectivity index (χ3v) is 6.65. The van der Waals surface area contributed by atoms with E-state index < -0.39 is 12.0 Å². The van der Waals surface area contributed by atoms with Gasteiger partial charge in [-0.15, -0.1) is 0 Å². The predicted molar refractivity (Wildman–Crippen MR) is 120 cm³/mol. The maximum atomic E-state index is 12.9. The van der Waals surface area contributed by atoms with Crippen molar-refractivity contribution in [3.8, 4) is 0 Å². The number of carbonyl (C=O) groups is 2. The lowest BCUT2D eigenvalue weighted by Crippen LogP contribution is -2.42. The van der Waals surface area contributed by atoms with E-state index in [4.69, 9.17) is 26.1 Å². The van der Waals surface area contributed by atoms with Crippen molar-refractivity contribution in [1.29, 1.82) is 0 Å². The van der Waals surface area contributed by atoms with Crippen molar-refractivity contribution >= 4 is 40.4 Å². The summed E-state index contributed by atoms with van der Waals surface area (Å²) in [5, 5.41) is 3.32. The minimum absolute atomic E-state index is 0.0381. The van der Waals surface area contributed by atoms with E-state index in [-0.39, 0.29) is 12.3 Å². The van der Waals surface area contributed by atoms with Crippen molar-refractivity contribution in [2.24, 2.45) is 4.99 Å². The molecule has 3 aliphatic rings. The van der Waals surface area contributed by atoms with Gasteiger partial charge in [-0.3, -0.25) is 4.79 Å². The van der Waals surface area contributed by atoms with Gasteiger partial charge in [0.2, 0.25) is 5.91 Å². The van der Waals surface area contributed by atoms with Crippen LogP contribution in [0.15, 0.2) is 51.6 Å². The third-order valence-electron chi connectivity index (χ3n) is 5.51. The van der Waals surface area contributed by atoms with Crippen LogP contribution < -0.4 is 0 Å². The lowest BCUT2D eigenvalue weighted by molar-refractivity contribution is -0.136. The molecule has 1 saturated heterocycles. The van der Waals surface area contributed by atoms with Gasteiger partial charge < -0.3 is 19.3 Å². The van der Waals surface area contributed by atoms with Crippen molar-refractivity contribution in [3.63, 3.8) is 0 Å². The fraction of sp³-hybridized carbons (Fsp3) is 0.409. The van der Waals surface area contributed by atoms with Crippen LogP contribution in [0, 0.1) is 0 Å². The Bertz CT molecular complexity index is 967. The molecular weight excluding hydrogens is 438 g/mol. The standard InChI is InChI=1S/C22H24ClN3O4S/c1-3-17-19(21(28)29-2)20(14-4-6-15(23)7-5-14)26-16(13-31-22(26)24-17)12-18(27)25-8-10-30-11-9-25/h4-7,13,20H,3,8-12H2,1-2H3/t20-/m1/s1. The summed E-state index contributed by atoms with van der Waals surface area (Å²) in [6.45, 7) is 4.26. The molecule has 0 aliphatic carbocycles. The lowest BCUT2D eigenvalue weighted by atomic mass is 9.93. The Morgan fingerprint density at radius 3 is 2.61 bits per heavy atom. The molecule has 0 unspecified atom stereocenters. The SMILES string of the molecule is CCC1=C(C(=O)OC)[C@@H](c2ccc(Cl)cc2)N2C(CC(=O)N3CCOCC3)=CSC2=N1. The number of carbonyl (C=O) groups excluding carboxylic acids is 2. The Balaban J connectivity index is 1.71. The number of morpholine rings is 1. The molecule has 1 atom stereocenters. The van der Waals surface area contributed by atoms with E-state index in [1.54, 1.807) is 12.1 Å². The number of rotatable bonds is 5. The molecule has 0 aromatic heterocycles. The van der Waals surface area contributed by atoms with Crippen molar-refractivity contribution in [3.05, 3.63) is 57.2 Å². The van der Waals surface area contributed by atoms with Crippen LogP contribution in [0.4, 0.5) is 0 Å². The number of nitrogens with zero attached hydrogens (tertiary/aromatic N) is 3. The molecule has 4 rings (SSSR count). The minimum Gasteiger partial charge on any atom is -0.466 e. The highest BCUT2D eigenvalue weighted by Crippen LogP contribution is 2.45. The molecule has 1 aromatic carbocycles. The van der Waals surface area contributed by atoms with E-state index >= 15 is 0 Å². The van der Waals surface area contributed by atoms with Crippen LogP contribution in [0.25, 0.3) is 0 Å². The first kappa shape index (κ1) is 21.9. The van der Waals surface area contributed by atoms with E-state index in [1.807, 2.05) is 34.3 Å². The van der Waals surface area contributed by atoms with Crippen LogP contribution in [0.3, 0.4) is 0 Å². The van der Waals surface area contributed by atoms with Crippen LogP contribution >= 0.6 is 23.4 Å². The van der Waals surface area contributed by atoms with Gasteiger partial charge in [-0.25, -0.2) is 9.79 Å². The zero-order chi connectivity index (χ0) is 22.0. The third kappa shape index (κ3) is 4.37. The molecule has 1 amide bonds. The van der Waals surface area contributed by atoms with Gasteiger partial charge in [0.15, 0.2) is 5.17 Å². The first-order valence-corrected chi connectivity index (χ1v) is 11.4. The van der Waals surface area contributed by atoms with E-state index in [1.165, 1.54) is 18.9 Å². The number of thioether (sulfide) groups is 1. The summed E-state index contributed by atoms with van der Waals surface area (Å²) in [6.07, 6.45) is 0.820. The van der Waals surface area contributed by atoms with Gasteiger partial charge in [0.1, 0.15) is 0 Å². The molecule has 1 fully saturated rings. The highest BCUT2D eigenvalue weighted by Gasteiger charge is 2.41. The second-order valence-corrected chi connectivity index (χ2v) is 8.59. The van der Waals surface area contributed by atoms with E-state index in [2.05, 4.69) is 0 Å². The largest absolute Gasteiger partial charge is 0.466 e. The van der Waals surface area contributed by atoms with Crippen LogP contribution in [-0.2, 0) is 19.1 Å². The molecule has 3 aliphatic heterocycles. The molecule has 31 heavy (non-hydrogen) atoms. The molecule has 9 heteroatoms. The number of aliphatic imine (C=N–C) groups is 1. The molecule has 164 valence electrons. The maximum absolute atomic E-state index is 12.9. The summed E-state index contributed by atoms with van der Waals surface area (Å²) >= 11 is 7.58. The molecule has 7 nitrogen and oxygen atoms in total. The van der Waals surface area contributed by atoms with E-state index in [0.717, 1.165) is 16.4 Å². The fourth-order valence-electron chi connectivity index (χ4n) is 3.95. The summed E-state index contributed by atoms with van der Waals surface area (Å²) in [7, 11) is 1.37. The van der Waals surface area contributed by atoms with Gasteiger partial charge in [-0.1, -0.05) is 42.4 Å². The molecule has 0 saturated carbocycles. The van der Waals surface area contributed by atoms with Gasteiger partial charge in [-0.2, -0.15) is 0 Å². The Labute approximate surface area is 190 Å². The number of amidine groups is 1. The monoisotopic (exact) mass is 461 g/mol. The second-order valence-electron chi connectivity index (χ2n) is 7.32. The van der Waals surface area contributed by atoms with E-state index in [0.29, 0.717) is 49.0 Å². The van der Waals surface area contributed by atoms with Crippen LogP contribution in [0.5, 0.6) is 0 Å². The Hall–Kier alpha value is -2.29. The van der Waals surface area contributed by atoms with Gasteiger partial charge in [-0.05, 0) is 29.5 Å². The maximum Gasteiger partial charge on any atom is 0.338 e. The Kier molecular flexibility index (Phi) is 6.69. The predicted octanol–water partition coefficient (Wildman–Crippen LogP) is 3.73. The number of hydrogen-bond donors (Lipinski definition) is 0. The minimum atomic E-state index is -0.439. The number of halogens is 1. The second kappa shape index (κ2) is 9.46. The Morgan fingerprint density at radius 1 is 1.26 bits per heavy atom. The number of hydrogen-bond acceptors (Lipinski definition) is 7. The Morgan fingerprint density at radius 2 is 1.97 bits per heavy atom. The van der Waals surface area contributed by atoms with Gasteiger partial charge in [0.05, 0.1) is 44.1 Å². The average Bonchev–Trinajstić information content (AvgIpc) is 3.20. The summed E-state index contributed by atoms with van der Waals surface area (Å²) in [4.78, 5) is 34.3. The number of methoxy groups -OCH3 is 1. The van der Waals surface area contributed by atoms with Crippen molar-refractivity contribution in [1.82, 2.24) is 9.80 Å². The number of esters is 1. The molecule has 1 aromatic rings. The molecule has 0 radical (unpaired) electrons. The quantitative estimate of drug-likeness (QED) is 0.622. The molecular formula is C22H24ClN3O4S. The smallest absolute Gasteiger partial charge is 0.338 e. The van der Waals surface area contributed by atoms with Crippen LogP contribution in [-0.4, -0.2) is 60.3 Å². The number of allylic oxidation sites excluding steroid dienone is 1. The zero-order valence-corrected chi connectivity index (χ0v) is 19.0. The first-order chi connectivity index (χ1) is 15.0. The van der Waals surface area contributed by atoms with Gasteiger partial charge in [0.25, 0.3) is 0 Å². The highest BCUT2D eigenvalue weighted by atomic mass is 35.5. The number of amides is 1. The van der Waals surface area contributed by atoms with Crippen molar-refractivity contribution in [2.45, 2.75) is 25.8 Å². The molecule has 0 N–H and O–H groups in total. The number of fused-ring (bicyclic) bond motifs is 1. The first-order valence-electron chi connectivity index (χ1n) is 10.2. The molecule has 3 heterocycles. The zero-order valence-electron chi connectivity index (χ0n) is 17.5. The topological polar surface area (TPSA) is 71.4 Å². The lowest BCUT2D eigenvalue weighted by Gasteiger charge is -2.37. The summed E-state index contributed by atoms with van der Waals surface area (Å²) in [5.74, 6) is -0.383. The highest BCUT2D eigenvalue weighted by molar-refractivity contribution is 8.16. The van der Waals surface area contributed by atoms with Crippen LogP contribution in [0.1, 0.15) is 31.4 Å². The van der Waals surface area contributed by atoms with Gasteiger partial charge in [0, 0.05) is 23.8 Å². The average molecular weight is 462 g/mol. The summed E-state index contributed by atoms with van der Waals surface area (Å²) < 4.78 is 10.5.